The number of hydrogen-bond donors (Lipinski definition) is 1. The van der Waals surface area contributed by atoms with E-state index < -0.39 is 0 Å². The third kappa shape index (κ3) is 1.84. The van der Waals surface area contributed by atoms with E-state index >= 15 is 0 Å². The SMILES string of the molecule is NCc1nc2cccnc2n1Cc1cccnc1. The number of imidazole rings is 1. The van der Waals surface area contributed by atoms with Crippen molar-refractivity contribution in [1.29, 1.82) is 0 Å². The Morgan fingerprint density at radius 1 is 1.17 bits per heavy atom. The van der Waals surface area contributed by atoms with E-state index in [-0.39, 0.29) is 0 Å². The lowest BCUT2D eigenvalue weighted by atomic mass is 10.3. The van der Waals surface area contributed by atoms with Crippen LogP contribution in [0.1, 0.15) is 11.4 Å². The molecule has 0 radical (unpaired) electrons. The highest BCUT2D eigenvalue weighted by Crippen LogP contribution is 2.15. The van der Waals surface area contributed by atoms with Gasteiger partial charge >= 0.3 is 0 Å². The fourth-order valence-corrected chi connectivity index (χ4v) is 2.00. The molecule has 5 heteroatoms. The summed E-state index contributed by atoms with van der Waals surface area (Å²) in [6.07, 6.45) is 5.37. The molecule has 90 valence electrons. The summed E-state index contributed by atoms with van der Waals surface area (Å²) in [4.78, 5) is 13.0. The highest BCUT2D eigenvalue weighted by atomic mass is 15.1. The summed E-state index contributed by atoms with van der Waals surface area (Å²) in [5.41, 5.74) is 8.59. The normalized spacial score (nSPS) is 10.9. The quantitative estimate of drug-likeness (QED) is 0.748. The van der Waals surface area contributed by atoms with Crippen LogP contribution < -0.4 is 5.73 Å². The number of pyridine rings is 2. The second-order valence-corrected chi connectivity index (χ2v) is 4.03. The molecule has 3 aromatic heterocycles. The smallest absolute Gasteiger partial charge is 0.160 e. The second kappa shape index (κ2) is 4.54. The molecule has 0 aromatic carbocycles. The van der Waals surface area contributed by atoms with Gasteiger partial charge in [-0.15, -0.1) is 0 Å². The molecule has 3 rings (SSSR count). The van der Waals surface area contributed by atoms with E-state index in [0.717, 1.165) is 22.6 Å². The molecule has 18 heavy (non-hydrogen) atoms. The van der Waals surface area contributed by atoms with Crippen molar-refractivity contribution >= 4 is 11.2 Å². The predicted molar refractivity (Wildman–Crippen MR) is 68.8 cm³/mol. The van der Waals surface area contributed by atoms with E-state index in [1.165, 1.54) is 0 Å². The van der Waals surface area contributed by atoms with Crippen LogP contribution in [-0.4, -0.2) is 19.5 Å². The molecule has 0 atom stereocenters. The van der Waals surface area contributed by atoms with Gasteiger partial charge in [-0.25, -0.2) is 9.97 Å². The zero-order valence-corrected chi connectivity index (χ0v) is 9.82. The molecule has 2 N–H and O–H groups in total. The molecule has 0 aliphatic rings. The molecule has 0 fully saturated rings. The minimum Gasteiger partial charge on any atom is -0.324 e. The van der Waals surface area contributed by atoms with Gasteiger partial charge in [0.2, 0.25) is 0 Å². The minimum absolute atomic E-state index is 0.399. The van der Waals surface area contributed by atoms with E-state index in [1.54, 1.807) is 12.4 Å². The zero-order valence-electron chi connectivity index (χ0n) is 9.82. The number of rotatable bonds is 3. The van der Waals surface area contributed by atoms with Gasteiger partial charge in [-0.2, -0.15) is 0 Å². The monoisotopic (exact) mass is 239 g/mol. The van der Waals surface area contributed by atoms with Crippen molar-refractivity contribution in [2.75, 3.05) is 0 Å². The summed E-state index contributed by atoms with van der Waals surface area (Å²) in [5, 5.41) is 0. The summed E-state index contributed by atoms with van der Waals surface area (Å²) in [5.74, 6) is 0.840. The summed E-state index contributed by atoms with van der Waals surface area (Å²) >= 11 is 0. The average Bonchev–Trinajstić information content (AvgIpc) is 2.78. The Balaban J connectivity index is 2.10. The van der Waals surface area contributed by atoms with Crippen LogP contribution in [0.2, 0.25) is 0 Å². The standard InChI is InChI=1S/C13H13N5/c14-7-12-17-11-4-2-6-16-13(11)18(12)9-10-3-1-5-15-8-10/h1-6,8H,7,9,14H2. The molecule has 0 saturated carbocycles. The van der Waals surface area contributed by atoms with Crippen molar-refractivity contribution in [1.82, 2.24) is 19.5 Å². The number of aromatic nitrogens is 4. The van der Waals surface area contributed by atoms with E-state index in [4.69, 9.17) is 5.73 Å². The first-order valence-electron chi connectivity index (χ1n) is 5.77. The zero-order chi connectivity index (χ0) is 12.4. The molecule has 0 aliphatic heterocycles. The van der Waals surface area contributed by atoms with Gasteiger partial charge in [0.15, 0.2) is 5.65 Å². The molecular formula is C13H13N5. The lowest BCUT2D eigenvalue weighted by molar-refractivity contribution is 0.735. The summed E-state index contributed by atoms with van der Waals surface area (Å²) in [6, 6.07) is 7.78. The summed E-state index contributed by atoms with van der Waals surface area (Å²) < 4.78 is 2.03. The van der Waals surface area contributed by atoms with Crippen LogP contribution in [0, 0.1) is 0 Å². The Hall–Kier alpha value is -2.27. The lowest BCUT2D eigenvalue weighted by Gasteiger charge is -2.06. The minimum atomic E-state index is 0.399. The third-order valence-electron chi connectivity index (χ3n) is 2.83. The van der Waals surface area contributed by atoms with Crippen LogP contribution in [-0.2, 0) is 13.1 Å². The third-order valence-corrected chi connectivity index (χ3v) is 2.83. The first-order chi connectivity index (χ1) is 8.88. The van der Waals surface area contributed by atoms with Crippen LogP contribution in [0.5, 0.6) is 0 Å². The van der Waals surface area contributed by atoms with Gasteiger partial charge in [0.25, 0.3) is 0 Å². The predicted octanol–water partition coefficient (Wildman–Crippen LogP) is 1.33. The van der Waals surface area contributed by atoms with Gasteiger partial charge in [0, 0.05) is 18.6 Å². The van der Waals surface area contributed by atoms with Gasteiger partial charge in [0.05, 0.1) is 13.1 Å². The lowest BCUT2D eigenvalue weighted by Crippen LogP contribution is -2.10. The number of fused-ring (bicyclic) bond motifs is 1. The molecule has 3 heterocycles. The van der Waals surface area contributed by atoms with E-state index in [0.29, 0.717) is 13.1 Å². The molecule has 0 spiro atoms. The fraction of sp³-hybridized carbons (Fsp3) is 0.154. The van der Waals surface area contributed by atoms with Gasteiger partial charge < -0.3 is 10.3 Å². The topological polar surface area (TPSA) is 69.6 Å². The van der Waals surface area contributed by atoms with E-state index in [1.807, 2.05) is 35.0 Å². The molecule has 0 saturated heterocycles. The maximum Gasteiger partial charge on any atom is 0.160 e. The van der Waals surface area contributed by atoms with E-state index in [2.05, 4.69) is 15.0 Å². The van der Waals surface area contributed by atoms with Crippen molar-refractivity contribution in [2.24, 2.45) is 5.73 Å². The molecule has 0 unspecified atom stereocenters. The highest BCUT2D eigenvalue weighted by molar-refractivity contribution is 5.71. The van der Waals surface area contributed by atoms with Crippen LogP contribution in [0.3, 0.4) is 0 Å². The molecular weight excluding hydrogens is 226 g/mol. The van der Waals surface area contributed by atoms with Crippen molar-refractivity contribution < 1.29 is 0 Å². The van der Waals surface area contributed by atoms with Crippen LogP contribution in [0.4, 0.5) is 0 Å². The number of nitrogens with two attached hydrogens (primary N) is 1. The van der Waals surface area contributed by atoms with E-state index in [9.17, 15) is 0 Å². The molecule has 5 nitrogen and oxygen atoms in total. The Kier molecular flexibility index (Phi) is 2.74. The van der Waals surface area contributed by atoms with Crippen LogP contribution >= 0.6 is 0 Å². The largest absolute Gasteiger partial charge is 0.324 e. The Labute approximate surface area is 104 Å². The van der Waals surface area contributed by atoms with Gasteiger partial charge in [-0.3, -0.25) is 4.98 Å². The summed E-state index contributed by atoms with van der Waals surface area (Å²) in [7, 11) is 0. The van der Waals surface area contributed by atoms with Crippen LogP contribution in [0.25, 0.3) is 11.2 Å². The fourth-order valence-electron chi connectivity index (χ4n) is 2.00. The first-order valence-corrected chi connectivity index (χ1v) is 5.77. The van der Waals surface area contributed by atoms with Gasteiger partial charge in [-0.1, -0.05) is 6.07 Å². The summed E-state index contributed by atoms with van der Waals surface area (Å²) in [6.45, 7) is 1.09. The molecule has 0 aliphatic carbocycles. The number of nitrogens with zero attached hydrogens (tertiary/aromatic N) is 4. The molecule has 0 amide bonds. The van der Waals surface area contributed by atoms with Crippen molar-refractivity contribution in [2.45, 2.75) is 13.1 Å². The molecule has 3 aromatic rings. The average molecular weight is 239 g/mol. The first kappa shape index (κ1) is 10.9. The second-order valence-electron chi connectivity index (χ2n) is 4.03. The Bertz CT molecular complexity index is 659. The maximum atomic E-state index is 5.74. The number of hydrogen-bond acceptors (Lipinski definition) is 4. The Morgan fingerprint density at radius 2 is 2.06 bits per heavy atom. The van der Waals surface area contributed by atoms with Crippen molar-refractivity contribution in [3.63, 3.8) is 0 Å². The van der Waals surface area contributed by atoms with Gasteiger partial charge in [0.1, 0.15) is 11.3 Å². The Morgan fingerprint density at radius 3 is 2.83 bits per heavy atom. The highest BCUT2D eigenvalue weighted by Gasteiger charge is 2.10. The molecule has 0 bridgehead atoms. The van der Waals surface area contributed by atoms with Gasteiger partial charge in [-0.05, 0) is 23.8 Å². The van der Waals surface area contributed by atoms with Crippen molar-refractivity contribution in [3.05, 3.63) is 54.2 Å². The maximum absolute atomic E-state index is 5.74. The van der Waals surface area contributed by atoms with Crippen LogP contribution in [0.15, 0.2) is 42.9 Å². The van der Waals surface area contributed by atoms with Crippen molar-refractivity contribution in [3.8, 4) is 0 Å².